The summed E-state index contributed by atoms with van der Waals surface area (Å²) in [5.74, 6) is 7.43. The molecule has 4 aromatic rings. The maximum absolute atomic E-state index is 4.79. The summed E-state index contributed by atoms with van der Waals surface area (Å²) < 4.78 is 1.60. The fourth-order valence-corrected chi connectivity index (χ4v) is 10.2. The fourth-order valence-electron chi connectivity index (χ4n) is 4.90. The molecule has 3 heteroatoms. The zero-order valence-corrected chi connectivity index (χ0v) is 21.6. The van der Waals surface area contributed by atoms with Gasteiger partial charge in [0.1, 0.15) is 0 Å². The number of hydrogen-bond acceptors (Lipinski definition) is 2. The van der Waals surface area contributed by atoms with E-state index in [0.717, 1.165) is 22.2 Å². The predicted molar refractivity (Wildman–Crippen MR) is 134 cm³/mol. The van der Waals surface area contributed by atoms with Gasteiger partial charge in [-0.2, -0.15) is 0 Å². The molecule has 3 aromatic carbocycles. The summed E-state index contributed by atoms with van der Waals surface area (Å²) >= 11 is -2.02. The van der Waals surface area contributed by atoms with Gasteiger partial charge in [-0.05, 0) is 0 Å². The van der Waals surface area contributed by atoms with Crippen LogP contribution in [0, 0.1) is 13.8 Å². The molecular formula is C27H32GeN2. The van der Waals surface area contributed by atoms with Gasteiger partial charge in [-0.1, -0.05) is 0 Å². The van der Waals surface area contributed by atoms with Crippen molar-refractivity contribution in [2.75, 3.05) is 0 Å². The van der Waals surface area contributed by atoms with E-state index in [9.17, 15) is 0 Å². The van der Waals surface area contributed by atoms with E-state index in [2.05, 4.69) is 94.4 Å². The first-order valence-corrected chi connectivity index (χ1v) is 18.1. The van der Waals surface area contributed by atoms with Gasteiger partial charge in [-0.3, -0.25) is 0 Å². The zero-order chi connectivity index (χ0) is 21.8. The number of rotatable bonds is 2. The summed E-state index contributed by atoms with van der Waals surface area (Å²) in [5, 5.41) is 3.71. The van der Waals surface area contributed by atoms with Crippen LogP contribution in [0.3, 0.4) is 0 Å². The predicted octanol–water partition coefficient (Wildman–Crippen LogP) is 6.91. The third-order valence-corrected chi connectivity index (χ3v) is 10.9. The summed E-state index contributed by atoms with van der Waals surface area (Å²) in [4.78, 5) is 9.52. The van der Waals surface area contributed by atoms with E-state index in [1.165, 1.54) is 27.5 Å². The minimum atomic E-state index is -2.02. The quantitative estimate of drug-likeness (QED) is 0.242. The maximum atomic E-state index is 4.79. The van der Waals surface area contributed by atoms with Gasteiger partial charge in [0.25, 0.3) is 0 Å². The van der Waals surface area contributed by atoms with Crippen molar-refractivity contribution in [2.24, 2.45) is 0 Å². The molecule has 0 N–H and O–H groups in total. The third-order valence-electron chi connectivity index (χ3n) is 6.11. The summed E-state index contributed by atoms with van der Waals surface area (Å²) in [6.07, 6.45) is 1.73. The molecule has 2 nitrogen and oxygen atoms in total. The van der Waals surface area contributed by atoms with Crippen LogP contribution in [-0.4, -0.2) is 23.2 Å². The van der Waals surface area contributed by atoms with Crippen LogP contribution in [0.25, 0.3) is 32.9 Å². The Morgan fingerprint density at radius 2 is 1.60 bits per heavy atom. The van der Waals surface area contributed by atoms with E-state index in [-0.39, 0.29) is 5.41 Å². The average molecular weight is 457 g/mol. The van der Waals surface area contributed by atoms with Crippen molar-refractivity contribution in [1.29, 1.82) is 0 Å². The van der Waals surface area contributed by atoms with Crippen LogP contribution >= 0.6 is 0 Å². The molecule has 0 aliphatic rings. The number of nitrogens with zero attached hydrogens (tertiary/aromatic N) is 2. The fraction of sp³-hybridized carbons (Fsp3) is 0.333. The van der Waals surface area contributed by atoms with Crippen molar-refractivity contribution >= 4 is 39.3 Å². The van der Waals surface area contributed by atoms with E-state index in [1.54, 1.807) is 10.7 Å². The molecule has 154 valence electrons. The zero-order valence-electron chi connectivity index (χ0n) is 19.5. The number of benzene rings is 3. The van der Waals surface area contributed by atoms with Crippen LogP contribution in [0.1, 0.15) is 37.5 Å². The van der Waals surface area contributed by atoms with Crippen molar-refractivity contribution in [2.45, 2.75) is 57.3 Å². The van der Waals surface area contributed by atoms with Crippen molar-refractivity contribution in [1.82, 2.24) is 9.97 Å². The molecule has 0 aliphatic heterocycles. The van der Waals surface area contributed by atoms with Crippen molar-refractivity contribution in [3.63, 3.8) is 0 Å². The first-order valence-electron chi connectivity index (χ1n) is 10.8. The molecular weight excluding hydrogens is 425 g/mol. The molecule has 1 aromatic heterocycles. The normalized spacial score (nSPS) is 12.7. The van der Waals surface area contributed by atoms with Gasteiger partial charge in [0.15, 0.2) is 0 Å². The van der Waals surface area contributed by atoms with Crippen LogP contribution in [-0.2, 0) is 5.41 Å². The molecule has 0 saturated heterocycles. The van der Waals surface area contributed by atoms with E-state index in [4.69, 9.17) is 9.97 Å². The number of aryl methyl sites for hydroxylation is 2. The summed E-state index contributed by atoms with van der Waals surface area (Å²) in [6.45, 7) is 11.3. The Bertz CT molecular complexity index is 1270. The standard InChI is InChI=1S/C27H32GeN2/c1-17-14-19-12-13-22-25(20-10-9-11-21(15-20)27(3,4)5)29-16-30-26(22)23(19)18(2)24(17)28(6,7)8/h9-16H,1-8H3. The summed E-state index contributed by atoms with van der Waals surface area (Å²) in [6, 6.07) is 15.6. The molecule has 1 heterocycles. The van der Waals surface area contributed by atoms with Crippen molar-refractivity contribution in [3.05, 3.63) is 65.5 Å². The topological polar surface area (TPSA) is 25.8 Å². The van der Waals surface area contributed by atoms with Gasteiger partial charge in [-0.25, -0.2) is 0 Å². The van der Waals surface area contributed by atoms with Crippen LogP contribution in [0.2, 0.25) is 17.3 Å². The average Bonchev–Trinajstić information content (AvgIpc) is 2.65. The SMILES string of the molecule is Cc1cc2ccc3c(-c4cccc(C(C)(C)C)c4)ncnc3c2c(C)[c]1[Ge]([CH3])([CH3])[CH3]. The molecule has 0 saturated carbocycles. The second kappa shape index (κ2) is 7.19. The molecule has 0 bridgehead atoms. The van der Waals surface area contributed by atoms with Gasteiger partial charge in [-0.15, -0.1) is 0 Å². The van der Waals surface area contributed by atoms with Crippen molar-refractivity contribution < 1.29 is 0 Å². The van der Waals surface area contributed by atoms with Crippen LogP contribution in [0.4, 0.5) is 0 Å². The number of aromatic nitrogens is 2. The van der Waals surface area contributed by atoms with Gasteiger partial charge in [0, 0.05) is 0 Å². The molecule has 0 aliphatic carbocycles. The van der Waals surface area contributed by atoms with E-state index < -0.39 is 13.3 Å². The second-order valence-electron chi connectivity index (χ2n) is 10.6. The minimum absolute atomic E-state index is 0.105. The summed E-state index contributed by atoms with van der Waals surface area (Å²) in [5.41, 5.74) is 7.52. The first-order chi connectivity index (χ1) is 14.0. The Morgan fingerprint density at radius 3 is 2.27 bits per heavy atom. The third kappa shape index (κ3) is 3.56. The van der Waals surface area contributed by atoms with Crippen LogP contribution < -0.4 is 4.40 Å². The summed E-state index contributed by atoms with van der Waals surface area (Å²) in [7, 11) is 0. The molecule has 0 atom stereocenters. The molecule has 4 rings (SSSR count). The Hall–Kier alpha value is -2.20. The molecule has 30 heavy (non-hydrogen) atoms. The molecule has 0 spiro atoms. The van der Waals surface area contributed by atoms with Crippen LogP contribution in [0.5, 0.6) is 0 Å². The second-order valence-corrected chi connectivity index (χ2v) is 21.0. The van der Waals surface area contributed by atoms with Gasteiger partial charge < -0.3 is 0 Å². The van der Waals surface area contributed by atoms with Crippen LogP contribution in [0.15, 0.2) is 48.8 Å². The Labute approximate surface area is 183 Å². The van der Waals surface area contributed by atoms with E-state index >= 15 is 0 Å². The Morgan fingerprint density at radius 1 is 0.867 bits per heavy atom. The molecule has 0 unspecified atom stereocenters. The number of hydrogen-bond donors (Lipinski definition) is 0. The Balaban J connectivity index is 2.06. The molecule has 0 radical (unpaired) electrons. The van der Waals surface area contributed by atoms with E-state index in [1.807, 2.05) is 0 Å². The van der Waals surface area contributed by atoms with Gasteiger partial charge in [0.05, 0.1) is 0 Å². The van der Waals surface area contributed by atoms with Gasteiger partial charge in [0.2, 0.25) is 0 Å². The molecule has 0 amide bonds. The van der Waals surface area contributed by atoms with Gasteiger partial charge >= 0.3 is 183 Å². The van der Waals surface area contributed by atoms with Crippen molar-refractivity contribution in [3.8, 4) is 11.3 Å². The monoisotopic (exact) mass is 458 g/mol. The van der Waals surface area contributed by atoms with E-state index in [0.29, 0.717) is 0 Å². The molecule has 0 fully saturated rings. The first kappa shape index (κ1) is 21.1. The number of fused-ring (bicyclic) bond motifs is 3. The Kier molecular flexibility index (Phi) is 5.05.